The molecule has 0 saturated carbocycles. The summed E-state index contributed by atoms with van der Waals surface area (Å²) in [4.78, 5) is 0. The predicted octanol–water partition coefficient (Wildman–Crippen LogP) is 0.834. The Bertz CT molecular complexity index is 112. The standard InChI is InChI=1S/C9H18N2S/c1-2-4-10-8(3-1)9-7-12-6-5-11-9/h8-11H,1-7H2. The summed E-state index contributed by atoms with van der Waals surface area (Å²) in [5.74, 6) is 2.60. The third-order valence-corrected chi connectivity index (χ3v) is 3.87. The lowest BCUT2D eigenvalue weighted by Crippen LogP contribution is -2.53. The molecule has 2 fully saturated rings. The van der Waals surface area contributed by atoms with Gasteiger partial charge in [0.15, 0.2) is 0 Å². The minimum Gasteiger partial charge on any atom is -0.312 e. The van der Waals surface area contributed by atoms with Crippen LogP contribution in [-0.2, 0) is 0 Å². The third-order valence-electron chi connectivity index (χ3n) is 2.78. The molecule has 2 saturated heterocycles. The molecule has 2 nitrogen and oxygen atoms in total. The third kappa shape index (κ3) is 2.15. The Morgan fingerprint density at radius 1 is 1.00 bits per heavy atom. The van der Waals surface area contributed by atoms with Crippen molar-refractivity contribution >= 4 is 11.8 Å². The van der Waals surface area contributed by atoms with Crippen LogP contribution in [0.4, 0.5) is 0 Å². The van der Waals surface area contributed by atoms with Crippen molar-refractivity contribution < 1.29 is 0 Å². The maximum absolute atomic E-state index is 3.61. The second-order valence-corrected chi connectivity index (χ2v) is 4.84. The zero-order valence-electron chi connectivity index (χ0n) is 7.51. The zero-order chi connectivity index (χ0) is 8.23. The Morgan fingerprint density at radius 2 is 1.92 bits per heavy atom. The SMILES string of the molecule is C1CCC(C2CSCCN2)NC1. The number of piperidine rings is 1. The lowest BCUT2D eigenvalue weighted by Gasteiger charge is -2.34. The molecule has 0 amide bonds. The summed E-state index contributed by atoms with van der Waals surface area (Å²) in [6.45, 7) is 2.43. The summed E-state index contributed by atoms with van der Waals surface area (Å²) in [7, 11) is 0. The topological polar surface area (TPSA) is 24.1 Å². The highest BCUT2D eigenvalue weighted by atomic mass is 32.2. The van der Waals surface area contributed by atoms with Gasteiger partial charge in [-0.15, -0.1) is 0 Å². The highest BCUT2D eigenvalue weighted by Crippen LogP contribution is 2.16. The predicted molar refractivity (Wildman–Crippen MR) is 54.8 cm³/mol. The highest BCUT2D eigenvalue weighted by molar-refractivity contribution is 7.99. The first kappa shape index (κ1) is 8.85. The van der Waals surface area contributed by atoms with Crippen LogP contribution in [0.25, 0.3) is 0 Å². The van der Waals surface area contributed by atoms with Crippen LogP contribution in [-0.4, -0.2) is 36.7 Å². The Balaban J connectivity index is 1.80. The summed E-state index contributed by atoms with van der Waals surface area (Å²) in [6.07, 6.45) is 4.16. The molecule has 2 rings (SSSR count). The molecule has 0 aromatic rings. The van der Waals surface area contributed by atoms with Crippen molar-refractivity contribution in [1.29, 1.82) is 0 Å². The number of hydrogen-bond acceptors (Lipinski definition) is 3. The first-order valence-corrected chi connectivity index (χ1v) is 6.17. The van der Waals surface area contributed by atoms with Crippen LogP contribution in [0.5, 0.6) is 0 Å². The maximum Gasteiger partial charge on any atom is 0.0312 e. The van der Waals surface area contributed by atoms with Gasteiger partial charge in [0.1, 0.15) is 0 Å². The molecule has 0 spiro atoms. The Kier molecular flexibility index (Phi) is 3.31. The molecule has 0 aliphatic carbocycles. The summed E-state index contributed by atoms with van der Waals surface area (Å²) in [5.41, 5.74) is 0. The van der Waals surface area contributed by atoms with E-state index in [1.807, 2.05) is 0 Å². The van der Waals surface area contributed by atoms with E-state index < -0.39 is 0 Å². The first-order chi connectivity index (χ1) is 5.97. The molecule has 2 aliphatic heterocycles. The van der Waals surface area contributed by atoms with Gasteiger partial charge >= 0.3 is 0 Å². The number of thioether (sulfide) groups is 1. The summed E-state index contributed by atoms with van der Waals surface area (Å²) in [5, 5.41) is 7.22. The van der Waals surface area contributed by atoms with Crippen molar-refractivity contribution in [2.45, 2.75) is 31.3 Å². The van der Waals surface area contributed by atoms with Crippen LogP contribution in [0, 0.1) is 0 Å². The van der Waals surface area contributed by atoms with E-state index in [9.17, 15) is 0 Å². The van der Waals surface area contributed by atoms with Crippen LogP contribution in [0.15, 0.2) is 0 Å². The molecule has 2 unspecified atom stereocenters. The Labute approximate surface area is 78.9 Å². The van der Waals surface area contributed by atoms with Gasteiger partial charge in [0.05, 0.1) is 0 Å². The van der Waals surface area contributed by atoms with Crippen molar-refractivity contribution in [2.24, 2.45) is 0 Å². The lowest BCUT2D eigenvalue weighted by molar-refractivity contribution is 0.328. The van der Waals surface area contributed by atoms with Gasteiger partial charge < -0.3 is 10.6 Å². The fourth-order valence-corrected chi connectivity index (χ4v) is 3.10. The fraction of sp³-hybridized carbons (Fsp3) is 1.00. The summed E-state index contributed by atoms with van der Waals surface area (Å²) >= 11 is 2.09. The molecular weight excluding hydrogens is 168 g/mol. The van der Waals surface area contributed by atoms with E-state index in [-0.39, 0.29) is 0 Å². The number of hydrogen-bond donors (Lipinski definition) is 2. The van der Waals surface area contributed by atoms with Gasteiger partial charge in [0.2, 0.25) is 0 Å². The number of rotatable bonds is 1. The fourth-order valence-electron chi connectivity index (χ4n) is 2.07. The van der Waals surface area contributed by atoms with Crippen LogP contribution in [0.2, 0.25) is 0 Å². The maximum atomic E-state index is 3.61. The van der Waals surface area contributed by atoms with Crippen LogP contribution in [0.1, 0.15) is 19.3 Å². The largest absolute Gasteiger partial charge is 0.312 e. The van der Waals surface area contributed by atoms with Gasteiger partial charge in [-0.05, 0) is 19.4 Å². The molecule has 2 aliphatic rings. The molecule has 2 N–H and O–H groups in total. The van der Waals surface area contributed by atoms with E-state index in [1.54, 1.807) is 0 Å². The minimum atomic E-state index is 0.740. The second kappa shape index (κ2) is 4.49. The van der Waals surface area contributed by atoms with Crippen molar-refractivity contribution in [3.63, 3.8) is 0 Å². The molecule has 70 valence electrons. The normalized spacial score (nSPS) is 38.0. The van der Waals surface area contributed by atoms with Gasteiger partial charge in [-0.25, -0.2) is 0 Å². The van der Waals surface area contributed by atoms with Crippen LogP contribution >= 0.6 is 11.8 Å². The van der Waals surface area contributed by atoms with E-state index in [1.165, 1.54) is 43.9 Å². The van der Waals surface area contributed by atoms with E-state index >= 15 is 0 Å². The molecule has 3 heteroatoms. The monoisotopic (exact) mass is 186 g/mol. The Hall–Kier alpha value is 0.270. The van der Waals surface area contributed by atoms with Gasteiger partial charge in [0, 0.05) is 30.1 Å². The van der Waals surface area contributed by atoms with Gasteiger partial charge in [-0.1, -0.05) is 6.42 Å². The van der Waals surface area contributed by atoms with E-state index in [0.717, 1.165) is 12.1 Å². The zero-order valence-corrected chi connectivity index (χ0v) is 8.33. The average Bonchev–Trinajstić information content (AvgIpc) is 2.21. The molecule has 0 radical (unpaired) electrons. The first-order valence-electron chi connectivity index (χ1n) is 5.01. The van der Waals surface area contributed by atoms with Gasteiger partial charge in [-0.3, -0.25) is 0 Å². The molecule has 0 bridgehead atoms. The van der Waals surface area contributed by atoms with E-state index in [4.69, 9.17) is 0 Å². The lowest BCUT2D eigenvalue weighted by atomic mass is 9.99. The van der Waals surface area contributed by atoms with Crippen LogP contribution < -0.4 is 10.6 Å². The van der Waals surface area contributed by atoms with Crippen molar-refractivity contribution in [1.82, 2.24) is 10.6 Å². The second-order valence-electron chi connectivity index (χ2n) is 3.69. The van der Waals surface area contributed by atoms with Crippen LogP contribution in [0.3, 0.4) is 0 Å². The van der Waals surface area contributed by atoms with Crippen molar-refractivity contribution in [3.05, 3.63) is 0 Å². The smallest absolute Gasteiger partial charge is 0.0312 e. The highest BCUT2D eigenvalue weighted by Gasteiger charge is 2.24. The van der Waals surface area contributed by atoms with Gasteiger partial charge in [-0.2, -0.15) is 11.8 Å². The number of nitrogens with one attached hydrogen (secondary N) is 2. The quantitative estimate of drug-likeness (QED) is 0.634. The summed E-state index contributed by atoms with van der Waals surface area (Å²) < 4.78 is 0. The van der Waals surface area contributed by atoms with Crippen molar-refractivity contribution in [3.8, 4) is 0 Å². The van der Waals surface area contributed by atoms with E-state index in [2.05, 4.69) is 22.4 Å². The van der Waals surface area contributed by atoms with Crippen molar-refractivity contribution in [2.75, 3.05) is 24.6 Å². The average molecular weight is 186 g/mol. The molecule has 12 heavy (non-hydrogen) atoms. The summed E-state index contributed by atoms with van der Waals surface area (Å²) in [6, 6.07) is 1.50. The molecule has 2 heterocycles. The van der Waals surface area contributed by atoms with Gasteiger partial charge in [0.25, 0.3) is 0 Å². The molecular formula is C9H18N2S. The Morgan fingerprint density at radius 3 is 2.58 bits per heavy atom. The molecule has 0 aromatic heterocycles. The molecule has 0 aromatic carbocycles. The molecule has 2 atom stereocenters. The minimum absolute atomic E-state index is 0.740. The van der Waals surface area contributed by atoms with E-state index in [0.29, 0.717) is 0 Å².